The summed E-state index contributed by atoms with van der Waals surface area (Å²) in [6.07, 6.45) is 0. The number of nitrogens with one attached hydrogen (secondary N) is 2. The standard InChI is InChI=1S/C20H19FN2O4/c1-12-17(19(24)26-2)18(23-20(25)22-12)14-4-3-5-16(10-14)27-11-13-6-8-15(21)9-7-13/h3-10,18H,11H2,1-2H3,(H2,22,23,25). The quantitative estimate of drug-likeness (QED) is 0.793. The number of rotatable bonds is 5. The van der Waals surface area contributed by atoms with Gasteiger partial charge in [-0.2, -0.15) is 0 Å². The van der Waals surface area contributed by atoms with Gasteiger partial charge in [-0.05, 0) is 42.3 Å². The number of amides is 2. The van der Waals surface area contributed by atoms with Gasteiger partial charge < -0.3 is 20.1 Å². The van der Waals surface area contributed by atoms with Crippen LogP contribution < -0.4 is 15.4 Å². The highest BCUT2D eigenvalue weighted by atomic mass is 19.1. The van der Waals surface area contributed by atoms with Gasteiger partial charge in [0.1, 0.15) is 18.2 Å². The van der Waals surface area contributed by atoms with Crippen LogP contribution in [0.25, 0.3) is 0 Å². The molecule has 0 fully saturated rings. The topological polar surface area (TPSA) is 76.7 Å². The molecule has 27 heavy (non-hydrogen) atoms. The van der Waals surface area contributed by atoms with Gasteiger partial charge in [0, 0.05) is 5.70 Å². The van der Waals surface area contributed by atoms with Crippen molar-refractivity contribution in [3.8, 4) is 5.75 Å². The lowest BCUT2D eigenvalue weighted by atomic mass is 9.95. The lowest BCUT2D eigenvalue weighted by Crippen LogP contribution is -2.45. The van der Waals surface area contributed by atoms with E-state index in [0.717, 1.165) is 5.56 Å². The molecule has 0 spiro atoms. The molecule has 2 aromatic rings. The normalized spacial score (nSPS) is 16.4. The van der Waals surface area contributed by atoms with E-state index >= 15 is 0 Å². The van der Waals surface area contributed by atoms with Gasteiger partial charge in [-0.3, -0.25) is 0 Å². The Hall–Kier alpha value is -3.35. The fourth-order valence-corrected chi connectivity index (χ4v) is 2.86. The molecule has 7 heteroatoms. The molecule has 0 aliphatic carbocycles. The molecule has 1 aliphatic rings. The van der Waals surface area contributed by atoms with E-state index in [1.54, 1.807) is 43.3 Å². The number of esters is 1. The molecule has 1 heterocycles. The molecule has 0 saturated carbocycles. The maximum Gasteiger partial charge on any atom is 0.337 e. The van der Waals surface area contributed by atoms with E-state index in [-0.39, 0.29) is 12.4 Å². The fraction of sp³-hybridized carbons (Fsp3) is 0.200. The Kier molecular flexibility index (Phi) is 5.40. The molecular weight excluding hydrogens is 351 g/mol. The average molecular weight is 370 g/mol. The Bertz CT molecular complexity index is 893. The molecular formula is C20H19FN2O4. The molecule has 2 amide bonds. The lowest BCUT2D eigenvalue weighted by Gasteiger charge is -2.28. The van der Waals surface area contributed by atoms with Gasteiger partial charge in [0.2, 0.25) is 0 Å². The number of hydrogen-bond acceptors (Lipinski definition) is 4. The minimum Gasteiger partial charge on any atom is -0.489 e. The number of hydrogen-bond donors (Lipinski definition) is 2. The van der Waals surface area contributed by atoms with Crippen LogP contribution in [0, 0.1) is 5.82 Å². The number of urea groups is 1. The Morgan fingerprint density at radius 2 is 1.93 bits per heavy atom. The Morgan fingerprint density at radius 1 is 1.19 bits per heavy atom. The first kappa shape index (κ1) is 18.4. The van der Waals surface area contributed by atoms with E-state index in [0.29, 0.717) is 22.6 Å². The summed E-state index contributed by atoms with van der Waals surface area (Å²) in [6.45, 7) is 1.91. The van der Waals surface area contributed by atoms with E-state index in [1.807, 2.05) is 0 Å². The van der Waals surface area contributed by atoms with Crippen molar-refractivity contribution in [1.29, 1.82) is 0 Å². The van der Waals surface area contributed by atoms with Crippen molar-refractivity contribution in [3.63, 3.8) is 0 Å². The van der Waals surface area contributed by atoms with Gasteiger partial charge in [0.15, 0.2) is 0 Å². The van der Waals surface area contributed by atoms with Crippen LogP contribution in [0.2, 0.25) is 0 Å². The van der Waals surface area contributed by atoms with Crippen molar-refractivity contribution in [2.24, 2.45) is 0 Å². The maximum atomic E-state index is 13.0. The summed E-state index contributed by atoms with van der Waals surface area (Å²) < 4.78 is 23.6. The molecule has 0 bridgehead atoms. The number of carbonyl (C=O) groups is 2. The highest BCUT2D eigenvalue weighted by Crippen LogP contribution is 2.29. The van der Waals surface area contributed by atoms with Crippen LogP contribution in [0.3, 0.4) is 0 Å². The van der Waals surface area contributed by atoms with Gasteiger partial charge in [0.05, 0.1) is 18.7 Å². The number of methoxy groups -OCH3 is 1. The molecule has 1 unspecified atom stereocenters. The number of ether oxygens (including phenoxy) is 2. The Labute approximate surface area is 156 Å². The van der Waals surface area contributed by atoms with Crippen LogP contribution in [0.5, 0.6) is 5.75 Å². The Morgan fingerprint density at radius 3 is 2.63 bits per heavy atom. The molecule has 0 radical (unpaired) electrons. The van der Waals surface area contributed by atoms with Crippen molar-refractivity contribution < 1.29 is 23.5 Å². The third-order valence-corrected chi connectivity index (χ3v) is 4.18. The molecule has 2 aromatic carbocycles. The van der Waals surface area contributed by atoms with E-state index in [1.165, 1.54) is 19.2 Å². The minimum absolute atomic E-state index is 0.265. The van der Waals surface area contributed by atoms with Crippen LogP contribution in [0.15, 0.2) is 59.8 Å². The zero-order valence-electron chi connectivity index (χ0n) is 14.9. The summed E-state index contributed by atoms with van der Waals surface area (Å²) in [5.41, 5.74) is 2.27. The monoisotopic (exact) mass is 370 g/mol. The minimum atomic E-state index is -0.652. The third-order valence-electron chi connectivity index (χ3n) is 4.18. The summed E-state index contributed by atoms with van der Waals surface area (Å²) in [5, 5.41) is 5.31. The van der Waals surface area contributed by atoms with Gasteiger partial charge in [-0.15, -0.1) is 0 Å². The first-order chi connectivity index (χ1) is 13.0. The predicted molar refractivity (Wildman–Crippen MR) is 96.3 cm³/mol. The van der Waals surface area contributed by atoms with Gasteiger partial charge in [-0.25, -0.2) is 14.0 Å². The number of carbonyl (C=O) groups excluding carboxylic acids is 2. The van der Waals surface area contributed by atoms with Crippen molar-refractivity contribution in [1.82, 2.24) is 10.6 Å². The van der Waals surface area contributed by atoms with Crippen molar-refractivity contribution >= 4 is 12.0 Å². The number of halogens is 1. The van der Waals surface area contributed by atoms with Gasteiger partial charge in [0.25, 0.3) is 0 Å². The van der Waals surface area contributed by atoms with Crippen LogP contribution in [-0.2, 0) is 16.1 Å². The summed E-state index contributed by atoms with van der Waals surface area (Å²) in [6, 6.07) is 12.1. The second-order valence-electron chi connectivity index (χ2n) is 6.05. The lowest BCUT2D eigenvalue weighted by molar-refractivity contribution is -0.136. The molecule has 2 N–H and O–H groups in total. The molecule has 3 rings (SSSR count). The van der Waals surface area contributed by atoms with Crippen LogP contribution >= 0.6 is 0 Å². The summed E-state index contributed by atoms with van der Waals surface area (Å²) in [5.74, 6) is -0.269. The molecule has 1 atom stereocenters. The first-order valence-electron chi connectivity index (χ1n) is 8.31. The van der Waals surface area contributed by atoms with Crippen molar-refractivity contribution in [2.75, 3.05) is 7.11 Å². The van der Waals surface area contributed by atoms with Crippen LogP contribution in [-0.4, -0.2) is 19.1 Å². The number of benzene rings is 2. The maximum absolute atomic E-state index is 13.0. The molecule has 140 valence electrons. The molecule has 6 nitrogen and oxygen atoms in total. The zero-order chi connectivity index (χ0) is 19.4. The van der Waals surface area contributed by atoms with E-state index in [4.69, 9.17) is 9.47 Å². The molecule has 0 saturated heterocycles. The summed E-state index contributed by atoms with van der Waals surface area (Å²) in [4.78, 5) is 24.0. The summed E-state index contributed by atoms with van der Waals surface area (Å²) >= 11 is 0. The first-order valence-corrected chi connectivity index (χ1v) is 8.31. The van der Waals surface area contributed by atoms with Crippen LogP contribution in [0.4, 0.5) is 9.18 Å². The highest BCUT2D eigenvalue weighted by molar-refractivity contribution is 5.94. The second kappa shape index (κ2) is 7.90. The second-order valence-corrected chi connectivity index (χ2v) is 6.05. The van der Waals surface area contributed by atoms with Crippen LogP contribution in [0.1, 0.15) is 24.1 Å². The van der Waals surface area contributed by atoms with E-state index in [2.05, 4.69) is 10.6 Å². The predicted octanol–water partition coefficient (Wildman–Crippen LogP) is 3.21. The summed E-state index contributed by atoms with van der Waals surface area (Å²) in [7, 11) is 1.29. The smallest absolute Gasteiger partial charge is 0.337 e. The van der Waals surface area contributed by atoms with E-state index < -0.39 is 18.0 Å². The highest BCUT2D eigenvalue weighted by Gasteiger charge is 2.31. The largest absolute Gasteiger partial charge is 0.489 e. The Balaban J connectivity index is 1.83. The van der Waals surface area contributed by atoms with Crippen molar-refractivity contribution in [3.05, 3.63) is 76.7 Å². The zero-order valence-corrected chi connectivity index (χ0v) is 14.9. The average Bonchev–Trinajstić information content (AvgIpc) is 2.66. The van der Waals surface area contributed by atoms with E-state index in [9.17, 15) is 14.0 Å². The number of allylic oxidation sites excluding steroid dienone is 1. The third kappa shape index (κ3) is 4.25. The SMILES string of the molecule is COC(=O)C1=C(C)NC(=O)NC1c1cccc(OCc2ccc(F)cc2)c1. The fourth-order valence-electron chi connectivity index (χ4n) is 2.86. The van der Waals surface area contributed by atoms with Crippen molar-refractivity contribution in [2.45, 2.75) is 19.6 Å². The van der Waals surface area contributed by atoms with Gasteiger partial charge >= 0.3 is 12.0 Å². The molecule has 1 aliphatic heterocycles. The van der Waals surface area contributed by atoms with Gasteiger partial charge in [-0.1, -0.05) is 24.3 Å². The molecule has 0 aromatic heterocycles.